The Morgan fingerprint density at radius 1 is 1.18 bits per heavy atom. The van der Waals surface area contributed by atoms with Crippen molar-refractivity contribution in [1.29, 1.82) is 5.26 Å². The molecule has 62 valence electrons. The molecular weight excluding hydrogens is 152 g/mol. The number of aliphatic hydroxyl groups is 1. The van der Waals surface area contributed by atoms with Crippen LogP contribution in [-0.2, 0) is 0 Å². The molecule has 0 aromatic heterocycles. The van der Waals surface area contributed by atoms with Gasteiger partial charge >= 0.3 is 0 Å². The van der Waals surface area contributed by atoms with Crippen molar-refractivity contribution in [2.24, 2.45) is 0 Å². The van der Waals surface area contributed by atoms with Crippen LogP contribution in [0.4, 0.5) is 8.78 Å². The van der Waals surface area contributed by atoms with Crippen LogP contribution in [0.1, 0.15) is 25.7 Å². The molecule has 0 aliphatic heterocycles. The average molecular weight is 161 g/mol. The van der Waals surface area contributed by atoms with E-state index < -0.39 is 11.5 Å². The highest BCUT2D eigenvalue weighted by Gasteiger charge is 2.42. The van der Waals surface area contributed by atoms with Crippen LogP contribution in [0.2, 0.25) is 0 Å². The molecule has 4 heteroatoms. The Hall–Kier alpha value is -0.690. The van der Waals surface area contributed by atoms with Crippen LogP contribution in [0, 0.1) is 11.3 Å². The molecule has 0 bridgehead atoms. The lowest BCUT2D eigenvalue weighted by Crippen LogP contribution is -2.37. The lowest BCUT2D eigenvalue weighted by Gasteiger charge is -2.30. The van der Waals surface area contributed by atoms with Crippen molar-refractivity contribution in [1.82, 2.24) is 0 Å². The summed E-state index contributed by atoms with van der Waals surface area (Å²) < 4.78 is 24.9. The molecule has 0 heterocycles. The second kappa shape index (κ2) is 2.42. The summed E-state index contributed by atoms with van der Waals surface area (Å²) in [5.74, 6) is -2.68. The SMILES string of the molecule is N#CC1(O)CCC(F)(F)CC1. The molecule has 0 saturated heterocycles. The topological polar surface area (TPSA) is 44.0 Å². The molecule has 1 aliphatic rings. The van der Waals surface area contributed by atoms with Gasteiger partial charge in [0.15, 0.2) is 5.60 Å². The van der Waals surface area contributed by atoms with Gasteiger partial charge in [0.2, 0.25) is 5.92 Å². The summed E-state index contributed by atoms with van der Waals surface area (Å²) in [5.41, 5.74) is -1.50. The fourth-order valence-corrected chi connectivity index (χ4v) is 1.14. The van der Waals surface area contributed by atoms with E-state index in [0.29, 0.717) is 0 Å². The van der Waals surface area contributed by atoms with E-state index in [-0.39, 0.29) is 25.7 Å². The van der Waals surface area contributed by atoms with Crippen molar-refractivity contribution >= 4 is 0 Å². The van der Waals surface area contributed by atoms with Crippen LogP contribution in [-0.4, -0.2) is 16.6 Å². The second-order valence-corrected chi connectivity index (χ2v) is 3.00. The first kappa shape index (κ1) is 8.41. The highest BCUT2D eigenvalue weighted by molar-refractivity contribution is 5.03. The first-order chi connectivity index (χ1) is 4.97. The third-order valence-corrected chi connectivity index (χ3v) is 2.02. The lowest BCUT2D eigenvalue weighted by atomic mass is 9.84. The van der Waals surface area contributed by atoms with Crippen LogP contribution in [0.25, 0.3) is 0 Å². The minimum absolute atomic E-state index is 0.115. The molecule has 0 radical (unpaired) electrons. The quantitative estimate of drug-likeness (QED) is 0.546. The van der Waals surface area contributed by atoms with Gasteiger partial charge in [-0.1, -0.05) is 0 Å². The molecule has 0 aromatic rings. The minimum Gasteiger partial charge on any atom is -0.375 e. The average Bonchev–Trinajstić information content (AvgIpc) is 1.97. The van der Waals surface area contributed by atoms with Gasteiger partial charge in [0.1, 0.15) is 0 Å². The number of alkyl halides is 2. The molecule has 0 unspecified atom stereocenters. The normalized spacial score (nSPS) is 27.5. The fourth-order valence-electron chi connectivity index (χ4n) is 1.14. The zero-order valence-corrected chi connectivity index (χ0v) is 5.98. The first-order valence-electron chi connectivity index (χ1n) is 3.49. The maximum absolute atomic E-state index is 12.5. The van der Waals surface area contributed by atoms with Gasteiger partial charge in [0.05, 0.1) is 6.07 Å². The summed E-state index contributed by atoms with van der Waals surface area (Å²) in [6.07, 6.45) is -0.985. The van der Waals surface area contributed by atoms with E-state index in [1.165, 1.54) is 0 Å². The summed E-state index contributed by atoms with van der Waals surface area (Å²) in [6, 6.07) is 1.64. The summed E-state index contributed by atoms with van der Waals surface area (Å²) in [4.78, 5) is 0. The Kier molecular flexibility index (Phi) is 1.85. The zero-order valence-electron chi connectivity index (χ0n) is 5.98. The van der Waals surface area contributed by atoms with Crippen LogP contribution < -0.4 is 0 Å². The van der Waals surface area contributed by atoms with Crippen molar-refractivity contribution in [2.75, 3.05) is 0 Å². The van der Waals surface area contributed by atoms with Gasteiger partial charge in [-0.2, -0.15) is 5.26 Å². The van der Waals surface area contributed by atoms with E-state index in [1.54, 1.807) is 6.07 Å². The molecule has 11 heavy (non-hydrogen) atoms. The summed E-state index contributed by atoms with van der Waals surface area (Å²) in [7, 11) is 0. The van der Waals surface area contributed by atoms with E-state index in [1.807, 2.05) is 0 Å². The van der Waals surface area contributed by atoms with Crippen molar-refractivity contribution in [3.63, 3.8) is 0 Å². The molecule has 1 N–H and O–H groups in total. The van der Waals surface area contributed by atoms with E-state index in [4.69, 9.17) is 5.26 Å². The van der Waals surface area contributed by atoms with Crippen molar-refractivity contribution in [2.45, 2.75) is 37.2 Å². The first-order valence-corrected chi connectivity index (χ1v) is 3.49. The molecule has 1 rings (SSSR count). The zero-order chi connectivity index (χ0) is 8.54. The molecule has 1 fully saturated rings. The highest BCUT2D eigenvalue weighted by atomic mass is 19.3. The van der Waals surface area contributed by atoms with Crippen LogP contribution >= 0.6 is 0 Å². The maximum atomic E-state index is 12.5. The summed E-state index contributed by atoms with van der Waals surface area (Å²) >= 11 is 0. The number of halogens is 2. The van der Waals surface area contributed by atoms with Gasteiger partial charge in [0.25, 0.3) is 0 Å². The molecule has 2 nitrogen and oxygen atoms in total. The van der Waals surface area contributed by atoms with E-state index >= 15 is 0 Å². The molecule has 1 saturated carbocycles. The smallest absolute Gasteiger partial charge is 0.248 e. The molecule has 0 amide bonds. The Labute approximate surface area is 63.4 Å². The molecule has 0 atom stereocenters. The molecular formula is C7H9F2NO. The van der Waals surface area contributed by atoms with E-state index in [9.17, 15) is 13.9 Å². The lowest BCUT2D eigenvalue weighted by molar-refractivity contribution is -0.0829. The van der Waals surface area contributed by atoms with Gasteiger partial charge in [0, 0.05) is 12.8 Å². The number of nitrogens with zero attached hydrogens (tertiary/aromatic N) is 1. The van der Waals surface area contributed by atoms with Gasteiger partial charge in [-0.25, -0.2) is 8.78 Å². The van der Waals surface area contributed by atoms with Crippen LogP contribution in [0.15, 0.2) is 0 Å². The predicted octanol–water partition coefficient (Wildman–Crippen LogP) is 1.45. The Balaban J connectivity index is 2.56. The number of rotatable bonds is 0. The van der Waals surface area contributed by atoms with E-state index in [2.05, 4.69) is 0 Å². The number of nitriles is 1. The van der Waals surface area contributed by atoms with Crippen LogP contribution in [0.5, 0.6) is 0 Å². The maximum Gasteiger partial charge on any atom is 0.248 e. The highest BCUT2D eigenvalue weighted by Crippen LogP contribution is 2.37. The van der Waals surface area contributed by atoms with E-state index in [0.717, 1.165) is 0 Å². The van der Waals surface area contributed by atoms with Gasteiger partial charge in [-0.05, 0) is 12.8 Å². The standard InChI is InChI=1S/C7H9F2NO/c8-7(9)3-1-6(11,5-10)2-4-7/h11H,1-4H2. The Bertz CT molecular complexity index is 187. The monoisotopic (exact) mass is 161 g/mol. The van der Waals surface area contributed by atoms with Crippen molar-refractivity contribution in [3.05, 3.63) is 0 Å². The Morgan fingerprint density at radius 2 is 1.64 bits per heavy atom. The molecule has 0 aromatic carbocycles. The Morgan fingerprint density at radius 3 is 2.00 bits per heavy atom. The molecule has 1 aliphatic carbocycles. The number of hydrogen-bond acceptors (Lipinski definition) is 2. The largest absolute Gasteiger partial charge is 0.375 e. The third kappa shape index (κ3) is 1.87. The van der Waals surface area contributed by atoms with Gasteiger partial charge < -0.3 is 5.11 Å². The third-order valence-electron chi connectivity index (χ3n) is 2.02. The van der Waals surface area contributed by atoms with Crippen molar-refractivity contribution < 1.29 is 13.9 Å². The number of hydrogen-bond donors (Lipinski definition) is 1. The van der Waals surface area contributed by atoms with Gasteiger partial charge in [-0.3, -0.25) is 0 Å². The fraction of sp³-hybridized carbons (Fsp3) is 0.857. The van der Waals surface area contributed by atoms with Gasteiger partial charge in [-0.15, -0.1) is 0 Å². The minimum atomic E-state index is -2.68. The predicted molar refractivity (Wildman–Crippen MR) is 34.0 cm³/mol. The van der Waals surface area contributed by atoms with Crippen molar-refractivity contribution in [3.8, 4) is 6.07 Å². The summed E-state index contributed by atoms with van der Waals surface area (Å²) in [5, 5.41) is 17.6. The summed E-state index contributed by atoms with van der Waals surface area (Å²) in [6.45, 7) is 0. The van der Waals surface area contributed by atoms with Crippen LogP contribution in [0.3, 0.4) is 0 Å². The second-order valence-electron chi connectivity index (χ2n) is 3.00. The molecule has 0 spiro atoms.